The van der Waals surface area contributed by atoms with E-state index in [-0.39, 0.29) is 0 Å². The predicted molar refractivity (Wildman–Crippen MR) is 83.4 cm³/mol. The lowest BCUT2D eigenvalue weighted by atomic mass is 9.78. The zero-order chi connectivity index (χ0) is 13.7. The Labute approximate surface area is 120 Å². The smallest absolute Gasteiger partial charge is 0.00503 e. The summed E-state index contributed by atoms with van der Waals surface area (Å²) >= 11 is 0. The highest BCUT2D eigenvalue weighted by atomic mass is 15.1. The van der Waals surface area contributed by atoms with E-state index in [1.54, 1.807) is 0 Å². The summed E-state index contributed by atoms with van der Waals surface area (Å²) in [5, 5.41) is 3.49. The molecular weight excluding hydrogens is 232 g/mol. The minimum Gasteiger partial charge on any atom is -0.319 e. The van der Waals surface area contributed by atoms with Crippen molar-refractivity contribution < 1.29 is 0 Å². The van der Waals surface area contributed by atoms with Gasteiger partial charge >= 0.3 is 0 Å². The molecule has 2 fully saturated rings. The minimum atomic E-state index is 0.561. The maximum absolute atomic E-state index is 3.49. The van der Waals surface area contributed by atoms with Crippen LogP contribution in [0, 0.1) is 17.3 Å². The normalized spacial score (nSPS) is 33.0. The molecule has 2 unspecified atom stereocenters. The molecule has 0 aromatic rings. The molecule has 1 saturated heterocycles. The van der Waals surface area contributed by atoms with Crippen LogP contribution >= 0.6 is 0 Å². The molecule has 0 spiro atoms. The number of piperidine rings is 1. The molecule has 112 valence electrons. The predicted octanol–water partition coefficient (Wildman–Crippen LogP) is 3.52. The molecule has 1 aliphatic carbocycles. The topological polar surface area (TPSA) is 15.3 Å². The van der Waals surface area contributed by atoms with E-state index >= 15 is 0 Å². The number of nitrogens with zero attached hydrogens (tertiary/aromatic N) is 1. The lowest BCUT2D eigenvalue weighted by molar-refractivity contribution is 0.0733. The van der Waals surface area contributed by atoms with Crippen LogP contribution in [0.4, 0.5) is 0 Å². The SMILES string of the molecule is CNCC1(CN2CCC(C)C(C)C2)CCCCCC1. The fourth-order valence-corrected chi connectivity index (χ4v) is 4.21. The third-order valence-corrected chi connectivity index (χ3v) is 5.69. The van der Waals surface area contributed by atoms with Gasteiger partial charge in [0.15, 0.2) is 0 Å². The first-order valence-electron chi connectivity index (χ1n) is 8.52. The average molecular weight is 266 g/mol. The second-order valence-electron chi connectivity index (χ2n) is 7.42. The Kier molecular flexibility index (Phi) is 5.70. The molecule has 0 aromatic heterocycles. The second-order valence-corrected chi connectivity index (χ2v) is 7.42. The lowest BCUT2D eigenvalue weighted by Gasteiger charge is -2.42. The van der Waals surface area contributed by atoms with Gasteiger partial charge in [0.05, 0.1) is 0 Å². The first kappa shape index (κ1) is 15.3. The van der Waals surface area contributed by atoms with Crippen LogP contribution in [-0.4, -0.2) is 38.1 Å². The van der Waals surface area contributed by atoms with Crippen molar-refractivity contribution in [2.24, 2.45) is 17.3 Å². The summed E-state index contributed by atoms with van der Waals surface area (Å²) in [5.41, 5.74) is 0.561. The van der Waals surface area contributed by atoms with Crippen LogP contribution in [0.2, 0.25) is 0 Å². The zero-order valence-electron chi connectivity index (χ0n) is 13.4. The molecule has 2 aliphatic rings. The zero-order valence-corrected chi connectivity index (χ0v) is 13.4. The Bertz CT molecular complexity index is 256. The maximum Gasteiger partial charge on any atom is 0.00503 e. The number of nitrogens with one attached hydrogen (secondary N) is 1. The van der Waals surface area contributed by atoms with E-state index in [1.807, 2.05) is 0 Å². The molecule has 1 saturated carbocycles. The number of hydrogen-bond donors (Lipinski definition) is 1. The van der Waals surface area contributed by atoms with Crippen molar-refractivity contribution in [3.8, 4) is 0 Å². The average Bonchev–Trinajstić information content (AvgIpc) is 2.60. The van der Waals surface area contributed by atoms with E-state index in [0.29, 0.717) is 5.41 Å². The van der Waals surface area contributed by atoms with Crippen LogP contribution in [0.15, 0.2) is 0 Å². The Balaban J connectivity index is 1.95. The quantitative estimate of drug-likeness (QED) is 0.783. The van der Waals surface area contributed by atoms with Crippen molar-refractivity contribution >= 4 is 0 Å². The lowest BCUT2D eigenvalue weighted by Crippen LogP contribution is -2.47. The van der Waals surface area contributed by atoms with Crippen LogP contribution in [0.25, 0.3) is 0 Å². The van der Waals surface area contributed by atoms with Crippen molar-refractivity contribution in [1.29, 1.82) is 0 Å². The van der Waals surface area contributed by atoms with Gasteiger partial charge in [-0.1, -0.05) is 39.5 Å². The maximum atomic E-state index is 3.49. The van der Waals surface area contributed by atoms with Gasteiger partial charge in [-0.15, -0.1) is 0 Å². The molecule has 0 radical (unpaired) electrons. The van der Waals surface area contributed by atoms with Crippen LogP contribution in [0.5, 0.6) is 0 Å². The molecule has 0 amide bonds. The largest absolute Gasteiger partial charge is 0.319 e. The van der Waals surface area contributed by atoms with Crippen molar-refractivity contribution in [1.82, 2.24) is 10.2 Å². The summed E-state index contributed by atoms with van der Waals surface area (Å²) in [5.74, 6) is 1.80. The molecule has 0 aromatic carbocycles. The van der Waals surface area contributed by atoms with E-state index < -0.39 is 0 Å². The van der Waals surface area contributed by atoms with Gasteiger partial charge in [-0.25, -0.2) is 0 Å². The third kappa shape index (κ3) is 4.19. The van der Waals surface area contributed by atoms with Crippen molar-refractivity contribution in [2.75, 3.05) is 33.2 Å². The first-order chi connectivity index (χ1) is 9.15. The molecule has 1 N–H and O–H groups in total. The molecule has 19 heavy (non-hydrogen) atoms. The number of likely N-dealkylation sites (tertiary alicyclic amines) is 1. The molecule has 2 nitrogen and oxygen atoms in total. The Morgan fingerprint density at radius 2 is 1.74 bits per heavy atom. The standard InChI is InChI=1S/C17H34N2/c1-15-8-11-19(12-16(15)2)14-17(13-18-3)9-6-4-5-7-10-17/h15-16,18H,4-14H2,1-3H3. The van der Waals surface area contributed by atoms with E-state index in [4.69, 9.17) is 0 Å². The van der Waals surface area contributed by atoms with Crippen LogP contribution < -0.4 is 5.32 Å². The Morgan fingerprint density at radius 1 is 1.05 bits per heavy atom. The second kappa shape index (κ2) is 7.08. The Morgan fingerprint density at radius 3 is 2.32 bits per heavy atom. The molecule has 1 aliphatic heterocycles. The van der Waals surface area contributed by atoms with Gasteiger partial charge in [0.2, 0.25) is 0 Å². The van der Waals surface area contributed by atoms with E-state index in [2.05, 4.69) is 31.1 Å². The van der Waals surface area contributed by atoms with Crippen LogP contribution in [-0.2, 0) is 0 Å². The molecular formula is C17H34N2. The molecule has 0 bridgehead atoms. The van der Waals surface area contributed by atoms with Crippen molar-refractivity contribution in [3.05, 3.63) is 0 Å². The number of hydrogen-bond acceptors (Lipinski definition) is 2. The highest BCUT2D eigenvalue weighted by Gasteiger charge is 2.34. The summed E-state index contributed by atoms with van der Waals surface area (Å²) in [6, 6.07) is 0. The summed E-state index contributed by atoms with van der Waals surface area (Å²) in [4.78, 5) is 2.77. The summed E-state index contributed by atoms with van der Waals surface area (Å²) < 4.78 is 0. The molecule has 2 rings (SSSR count). The highest BCUT2D eigenvalue weighted by molar-refractivity contribution is 4.88. The van der Waals surface area contributed by atoms with E-state index in [1.165, 1.54) is 71.1 Å². The third-order valence-electron chi connectivity index (χ3n) is 5.69. The molecule has 1 heterocycles. The summed E-state index contributed by atoms with van der Waals surface area (Å²) in [7, 11) is 2.13. The van der Waals surface area contributed by atoms with Crippen LogP contribution in [0.3, 0.4) is 0 Å². The van der Waals surface area contributed by atoms with Gasteiger partial charge in [-0.2, -0.15) is 0 Å². The molecule has 2 atom stereocenters. The first-order valence-corrected chi connectivity index (χ1v) is 8.52. The Hall–Kier alpha value is -0.0800. The van der Waals surface area contributed by atoms with Gasteiger partial charge < -0.3 is 10.2 Å². The van der Waals surface area contributed by atoms with Gasteiger partial charge in [0, 0.05) is 19.6 Å². The van der Waals surface area contributed by atoms with Gasteiger partial charge in [0.1, 0.15) is 0 Å². The molecule has 2 heteroatoms. The minimum absolute atomic E-state index is 0.561. The summed E-state index contributed by atoms with van der Waals surface area (Å²) in [6.45, 7) is 10.1. The van der Waals surface area contributed by atoms with Crippen molar-refractivity contribution in [2.45, 2.75) is 58.8 Å². The van der Waals surface area contributed by atoms with Gasteiger partial charge in [0.25, 0.3) is 0 Å². The monoisotopic (exact) mass is 266 g/mol. The van der Waals surface area contributed by atoms with Crippen molar-refractivity contribution in [3.63, 3.8) is 0 Å². The summed E-state index contributed by atoms with van der Waals surface area (Å²) in [6.07, 6.45) is 10.1. The van der Waals surface area contributed by atoms with Crippen LogP contribution in [0.1, 0.15) is 58.8 Å². The number of rotatable bonds is 4. The van der Waals surface area contributed by atoms with Gasteiger partial charge in [-0.05, 0) is 50.1 Å². The highest BCUT2D eigenvalue weighted by Crippen LogP contribution is 2.36. The van der Waals surface area contributed by atoms with E-state index in [9.17, 15) is 0 Å². The fourth-order valence-electron chi connectivity index (χ4n) is 4.21. The van der Waals surface area contributed by atoms with E-state index in [0.717, 1.165) is 11.8 Å². The fraction of sp³-hybridized carbons (Fsp3) is 1.00. The van der Waals surface area contributed by atoms with Gasteiger partial charge in [-0.3, -0.25) is 0 Å².